The molecular weight excluding hydrogens is 294 g/mol. The van der Waals surface area contributed by atoms with E-state index < -0.39 is 10.0 Å². The number of para-hydroxylation sites is 1. The Morgan fingerprint density at radius 2 is 2.00 bits per heavy atom. The van der Waals surface area contributed by atoms with Crippen molar-refractivity contribution in [1.29, 1.82) is 0 Å². The summed E-state index contributed by atoms with van der Waals surface area (Å²) in [7, 11) is -3.61. The molecule has 1 aromatic carbocycles. The van der Waals surface area contributed by atoms with E-state index in [-0.39, 0.29) is 17.4 Å². The molecule has 0 aliphatic carbocycles. The third-order valence-corrected chi connectivity index (χ3v) is 5.34. The van der Waals surface area contributed by atoms with Gasteiger partial charge in [0.25, 0.3) is 10.0 Å². The van der Waals surface area contributed by atoms with Crippen LogP contribution in [0.2, 0.25) is 0 Å². The van der Waals surface area contributed by atoms with Gasteiger partial charge in [-0.3, -0.25) is 4.72 Å². The summed E-state index contributed by atoms with van der Waals surface area (Å²) in [6, 6.07) is 8.85. The summed E-state index contributed by atoms with van der Waals surface area (Å²) in [5.74, 6) is 0.226. The van der Waals surface area contributed by atoms with Gasteiger partial charge in [-0.05, 0) is 23.6 Å². The Hall–Kier alpha value is -1.37. The van der Waals surface area contributed by atoms with E-state index in [0.717, 1.165) is 5.56 Å². The molecule has 0 saturated carbocycles. The van der Waals surface area contributed by atoms with E-state index in [1.54, 1.807) is 12.1 Å². The third-order valence-electron chi connectivity index (χ3n) is 2.92. The minimum absolute atomic E-state index is 0.150. The highest BCUT2D eigenvalue weighted by Gasteiger charge is 2.18. The van der Waals surface area contributed by atoms with Crippen molar-refractivity contribution < 1.29 is 13.5 Å². The number of nitrogens with one attached hydrogen (secondary N) is 1. The van der Waals surface area contributed by atoms with Gasteiger partial charge in [-0.2, -0.15) is 0 Å². The molecule has 1 heterocycles. The monoisotopic (exact) mass is 311 g/mol. The fraction of sp³-hybridized carbons (Fsp3) is 0.286. The largest absolute Gasteiger partial charge is 0.391 e. The minimum atomic E-state index is -3.61. The molecule has 0 aliphatic rings. The highest BCUT2D eigenvalue weighted by atomic mass is 32.2. The van der Waals surface area contributed by atoms with Crippen LogP contribution in [0.15, 0.2) is 40.6 Å². The SMILES string of the molecule is CC(C)c1ccccc1NS(=O)(=O)c1csc(CO)c1. The van der Waals surface area contributed by atoms with Crippen LogP contribution in [0.5, 0.6) is 0 Å². The van der Waals surface area contributed by atoms with Crippen molar-refractivity contribution in [3.63, 3.8) is 0 Å². The van der Waals surface area contributed by atoms with Gasteiger partial charge in [0.1, 0.15) is 0 Å². The lowest BCUT2D eigenvalue weighted by atomic mass is 10.0. The Kier molecular flexibility index (Phi) is 4.47. The highest BCUT2D eigenvalue weighted by molar-refractivity contribution is 7.92. The number of aliphatic hydroxyl groups excluding tert-OH is 1. The van der Waals surface area contributed by atoms with Crippen LogP contribution in [0.4, 0.5) is 5.69 Å². The Bertz CT molecular complexity index is 690. The number of hydrogen-bond acceptors (Lipinski definition) is 4. The van der Waals surface area contributed by atoms with Crippen molar-refractivity contribution in [2.75, 3.05) is 4.72 Å². The van der Waals surface area contributed by atoms with Gasteiger partial charge >= 0.3 is 0 Å². The molecule has 0 unspecified atom stereocenters. The number of benzene rings is 1. The number of thiophene rings is 1. The fourth-order valence-corrected chi connectivity index (χ4v) is 4.10. The van der Waals surface area contributed by atoms with Gasteiger partial charge in [0, 0.05) is 10.3 Å². The number of aliphatic hydroxyl groups is 1. The number of anilines is 1. The maximum Gasteiger partial charge on any atom is 0.262 e. The molecule has 108 valence electrons. The zero-order valence-electron chi connectivity index (χ0n) is 11.3. The summed E-state index contributed by atoms with van der Waals surface area (Å²) < 4.78 is 27.3. The molecule has 2 N–H and O–H groups in total. The standard InChI is InChI=1S/C14H17NO3S2/c1-10(2)13-5-3-4-6-14(13)15-20(17,18)12-7-11(8-16)19-9-12/h3-7,9-10,15-16H,8H2,1-2H3. The predicted molar refractivity (Wildman–Crippen MR) is 81.6 cm³/mol. The van der Waals surface area contributed by atoms with Gasteiger partial charge in [-0.1, -0.05) is 32.0 Å². The average Bonchev–Trinajstić information content (AvgIpc) is 2.88. The second kappa shape index (κ2) is 5.95. The molecular formula is C14H17NO3S2. The molecule has 0 atom stereocenters. The van der Waals surface area contributed by atoms with Crippen LogP contribution in [0.1, 0.15) is 30.2 Å². The number of rotatable bonds is 5. The van der Waals surface area contributed by atoms with Crippen molar-refractivity contribution >= 4 is 27.0 Å². The predicted octanol–water partition coefficient (Wildman–Crippen LogP) is 3.16. The van der Waals surface area contributed by atoms with Crippen LogP contribution in [-0.4, -0.2) is 13.5 Å². The van der Waals surface area contributed by atoms with Crippen molar-refractivity contribution in [3.05, 3.63) is 46.2 Å². The summed E-state index contributed by atoms with van der Waals surface area (Å²) in [6.07, 6.45) is 0. The number of hydrogen-bond donors (Lipinski definition) is 2. The first-order chi connectivity index (χ1) is 9.44. The van der Waals surface area contributed by atoms with E-state index in [2.05, 4.69) is 4.72 Å². The normalized spacial score (nSPS) is 11.8. The van der Waals surface area contributed by atoms with Crippen LogP contribution < -0.4 is 4.72 Å². The molecule has 0 aliphatic heterocycles. The smallest absolute Gasteiger partial charge is 0.262 e. The molecule has 2 aromatic rings. The summed E-state index contributed by atoms with van der Waals surface area (Å²) in [4.78, 5) is 0.813. The zero-order valence-corrected chi connectivity index (χ0v) is 13.0. The molecule has 6 heteroatoms. The maximum atomic E-state index is 12.3. The topological polar surface area (TPSA) is 66.4 Å². The molecule has 0 fully saturated rings. The summed E-state index contributed by atoms with van der Waals surface area (Å²) in [6.45, 7) is 3.88. The first-order valence-corrected chi connectivity index (χ1v) is 8.60. The summed E-state index contributed by atoms with van der Waals surface area (Å²) in [5, 5.41) is 10.6. The molecule has 0 bridgehead atoms. The van der Waals surface area contributed by atoms with Crippen LogP contribution in [0.25, 0.3) is 0 Å². The van der Waals surface area contributed by atoms with E-state index in [1.165, 1.54) is 22.8 Å². The molecule has 4 nitrogen and oxygen atoms in total. The summed E-state index contributed by atoms with van der Waals surface area (Å²) in [5.41, 5.74) is 1.55. The lowest BCUT2D eigenvalue weighted by molar-refractivity contribution is 0.285. The second-order valence-electron chi connectivity index (χ2n) is 4.75. The molecule has 0 saturated heterocycles. The third kappa shape index (κ3) is 3.20. The van der Waals surface area contributed by atoms with Crippen molar-refractivity contribution in [2.45, 2.75) is 31.3 Å². The quantitative estimate of drug-likeness (QED) is 0.891. The van der Waals surface area contributed by atoms with Gasteiger partial charge in [0.2, 0.25) is 0 Å². The Morgan fingerprint density at radius 1 is 1.30 bits per heavy atom. The van der Waals surface area contributed by atoms with Crippen molar-refractivity contribution in [2.24, 2.45) is 0 Å². The number of sulfonamides is 1. The maximum absolute atomic E-state index is 12.3. The van der Waals surface area contributed by atoms with E-state index in [0.29, 0.717) is 10.6 Å². The Morgan fingerprint density at radius 3 is 2.60 bits per heavy atom. The van der Waals surface area contributed by atoms with E-state index >= 15 is 0 Å². The Labute approximate surface area is 123 Å². The van der Waals surface area contributed by atoms with Gasteiger partial charge in [0.15, 0.2) is 0 Å². The minimum Gasteiger partial charge on any atom is -0.391 e. The molecule has 1 aromatic heterocycles. The molecule has 0 spiro atoms. The molecule has 0 amide bonds. The lowest BCUT2D eigenvalue weighted by Gasteiger charge is -2.14. The van der Waals surface area contributed by atoms with Gasteiger partial charge in [0.05, 0.1) is 17.2 Å². The van der Waals surface area contributed by atoms with Crippen LogP contribution >= 0.6 is 11.3 Å². The van der Waals surface area contributed by atoms with Gasteiger partial charge in [-0.25, -0.2) is 8.42 Å². The first kappa shape index (κ1) is 15.0. The van der Waals surface area contributed by atoms with Crippen molar-refractivity contribution in [1.82, 2.24) is 0 Å². The van der Waals surface area contributed by atoms with Crippen molar-refractivity contribution in [3.8, 4) is 0 Å². The van der Waals surface area contributed by atoms with Gasteiger partial charge in [-0.15, -0.1) is 11.3 Å². The molecule has 0 radical (unpaired) electrons. The lowest BCUT2D eigenvalue weighted by Crippen LogP contribution is -2.13. The molecule has 2 rings (SSSR count). The Balaban J connectivity index is 2.33. The fourth-order valence-electron chi connectivity index (χ4n) is 1.88. The zero-order chi connectivity index (χ0) is 14.8. The van der Waals surface area contributed by atoms with E-state index in [9.17, 15) is 8.42 Å². The van der Waals surface area contributed by atoms with Crippen LogP contribution in [0, 0.1) is 0 Å². The average molecular weight is 311 g/mol. The molecule has 20 heavy (non-hydrogen) atoms. The van der Waals surface area contributed by atoms with E-state index in [4.69, 9.17) is 5.11 Å². The van der Waals surface area contributed by atoms with Crippen LogP contribution in [0.3, 0.4) is 0 Å². The first-order valence-electron chi connectivity index (χ1n) is 6.24. The summed E-state index contributed by atoms with van der Waals surface area (Å²) >= 11 is 1.23. The second-order valence-corrected chi connectivity index (χ2v) is 7.43. The highest BCUT2D eigenvalue weighted by Crippen LogP contribution is 2.27. The van der Waals surface area contributed by atoms with Crippen LogP contribution in [-0.2, 0) is 16.6 Å². The van der Waals surface area contributed by atoms with Gasteiger partial charge < -0.3 is 5.11 Å². The van der Waals surface area contributed by atoms with E-state index in [1.807, 2.05) is 26.0 Å².